The highest BCUT2D eigenvalue weighted by atomic mass is 19.1. The second-order valence-electron chi connectivity index (χ2n) is 8.95. The fraction of sp³-hybridized carbons (Fsp3) is 0.458. The van der Waals surface area contributed by atoms with Gasteiger partial charge in [0.15, 0.2) is 5.65 Å². The maximum atomic E-state index is 13.9. The maximum Gasteiger partial charge on any atom is 0.160 e. The highest BCUT2D eigenvalue weighted by Gasteiger charge is 2.37. The number of imidazole rings is 1. The molecule has 3 atom stereocenters. The number of ether oxygens (including phenoxy) is 2. The fourth-order valence-corrected chi connectivity index (χ4v) is 4.89. The lowest BCUT2D eigenvalue weighted by Crippen LogP contribution is -2.54. The second-order valence-corrected chi connectivity index (χ2v) is 8.95. The van der Waals surface area contributed by atoms with Crippen LogP contribution in [0.15, 0.2) is 42.7 Å². The number of halogens is 1. The molecule has 6 nitrogen and oxygen atoms in total. The summed E-state index contributed by atoms with van der Waals surface area (Å²) in [6, 6.07) is 9.05. The van der Waals surface area contributed by atoms with E-state index in [1.807, 2.05) is 18.3 Å². The van der Waals surface area contributed by atoms with Crippen molar-refractivity contribution in [2.24, 2.45) is 0 Å². The highest BCUT2D eigenvalue weighted by molar-refractivity contribution is 5.69. The molecule has 3 unspecified atom stereocenters. The Labute approximate surface area is 181 Å². The Hall–Kier alpha value is -2.64. The molecule has 2 aromatic heterocycles. The molecule has 162 valence electrons. The molecule has 6 rings (SSSR count). The first-order chi connectivity index (χ1) is 15.2. The van der Waals surface area contributed by atoms with Crippen molar-refractivity contribution in [2.45, 2.75) is 43.9 Å². The van der Waals surface area contributed by atoms with Crippen molar-refractivity contribution in [3.8, 4) is 5.75 Å². The Morgan fingerprint density at radius 3 is 2.97 bits per heavy atom. The molecule has 1 saturated heterocycles. The van der Waals surface area contributed by atoms with Crippen LogP contribution in [0.4, 0.5) is 10.1 Å². The van der Waals surface area contributed by atoms with Crippen LogP contribution >= 0.6 is 0 Å². The lowest BCUT2D eigenvalue weighted by Gasteiger charge is -2.43. The van der Waals surface area contributed by atoms with Gasteiger partial charge in [0.05, 0.1) is 36.2 Å². The van der Waals surface area contributed by atoms with Gasteiger partial charge in [-0.2, -0.15) is 0 Å². The molecule has 2 fully saturated rings. The topological polar surface area (TPSA) is 51.0 Å². The van der Waals surface area contributed by atoms with Crippen LogP contribution in [0.3, 0.4) is 0 Å². The van der Waals surface area contributed by atoms with E-state index < -0.39 is 0 Å². The number of pyridine rings is 1. The van der Waals surface area contributed by atoms with E-state index in [0.717, 1.165) is 30.0 Å². The summed E-state index contributed by atoms with van der Waals surface area (Å²) >= 11 is 0. The van der Waals surface area contributed by atoms with Gasteiger partial charge in [-0.3, -0.25) is 4.90 Å². The van der Waals surface area contributed by atoms with Crippen molar-refractivity contribution in [2.75, 3.05) is 31.6 Å². The zero-order chi connectivity index (χ0) is 20.9. The molecular weight excluding hydrogens is 395 g/mol. The van der Waals surface area contributed by atoms with Gasteiger partial charge in [0, 0.05) is 43.0 Å². The summed E-state index contributed by atoms with van der Waals surface area (Å²) in [5, 5.41) is 3.77. The monoisotopic (exact) mass is 422 g/mol. The van der Waals surface area contributed by atoms with Gasteiger partial charge < -0.3 is 19.2 Å². The number of hydrogen-bond donors (Lipinski definition) is 1. The van der Waals surface area contributed by atoms with E-state index in [1.54, 1.807) is 0 Å². The van der Waals surface area contributed by atoms with Crippen LogP contribution in [-0.2, 0) is 4.74 Å². The number of aromatic nitrogens is 2. The quantitative estimate of drug-likeness (QED) is 0.689. The lowest BCUT2D eigenvalue weighted by atomic mass is 9.94. The molecule has 1 aromatic carbocycles. The van der Waals surface area contributed by atoms with Gasteiger partial charge in [0.1, 0.15) is 18.2 Å². The van der Waals surface area contributed by atoms with Crippen LogP contribution in [0.2, 0.25) is 0 Å². The number of nitrogens with one attached hydrogen (secondary N) is 1. The predicted molar refractivity (Wildman–Crippen MR) is 116 cm³/mol. The number of fused-ring (bicyclic) bond motifs is 2. The normalized spacial score (nSPS) is 26.5. The summed E-state index contributed by atoms with van der Waals surface area (Å²) in [7, 11) is 0. The Morgan fingerprint density at radius 1 is 1.23 bits per heavy atom. The largest absolute Gasteiger partial charge is 0.491 e. The zero-order valence-corrected chi connectivity index (χ0v) is 17.6. The molecular formula is C24H27FN4O2. The second kappa shape index (κ2) is 7.50. The van der Waals surface area contributed by atoms with Gasteiger partial charge in [0.2, 0.25) is 0 Å². The molecule has 1 saturated carbocycles. The molecule has 0 radical (unpaired) electrons. The summed E-state index contributed by atoms with van der Waals surface area (Å²) in [5.41, 5.74) is 4.08. The van der Waals surface area contributed by atoms with Crippen LogP contribution in [0.25, 0.3) is 5.65 Å². The molecule has 3 aromatic rings. The standard InChI is InChI=1S/C24H27FN4O2/c1-15-12-28(9-10-30-15)21-14-31-22-11-17(25)6-7-18(22)23(21)26-19-3-2-8-29-13-20(16-4-5-16)27-24(19)29/h2-3,6-8,11,13,15-16,21,23,26H,4-5,9-10,12,14H2,1H3. The predicted octanol–water partition coefficient (Wildman–Crippen LogP) is 3.99. The van der Waals surface area contributed by atoms with Crippen molar-refractivity contribution in [1.29, 1.82) is 0 Å². The van der Waals surface area contributed by atoms with Crippen LogP contribution in [0.1, 0.15) is 43.0 Å². The molecule has 0 amide bonds. The van der Waals surface area contributed by atoms with E-state index in [1.165, 1.54) is 30.7 Å². The van der Waals surface area contributed by atoms with Crippen LogP contribution < -0.4 is 10.1 Å². The third kappa shape index (κ3) is 3.55. The number of rotatable bonds is 4. The molecule has 7 heteroatoms. The lowest BCUT2D eigenvalue weighted by molar-refractivity contribution is -0.0465. The number of morpholine rings is 1. The smallest absolute Gasteiger partial charge is 0.160 e. The van der Waals surface area contributed by atoms with E-state index in [-0.39, 0.29) is 24.0 Å². The van der Waals surface area contributed by atoms with Crippen molar-refractivity contribution < 1.29 is 13.9 Å². The van der Waals surface area contributed by atoms with Crippen molar-refractivity contribution in [3.05, 3.63) is 59.8 Å². The third-order valence-electron chi connectivity index (χ3n) is 6.65. The summed E-state index contributed by atoms with van der Waals surface area (Å²) in [6.07, 6.45) is 6.83. The summed E-state index contributed by atoms with van der Waals surface area (Å²) in [5.74, 6) is 0.937. The van der Waals surface area contributed by atoms with Gasteiger partial charge in [-0.15, -0.1) is 0 Å². The molecule has 1 aliphatic carbocycles. The molecule has 2 aliphatic heterocycles. The van der Waals surface area contributed by atoms with Gasteiger partial charge >= 0.3 is 0 Å². The minimum Gasteiger partial charge on any atom is -0.491 e. The Morgan fingerprint density at radius 2 is 2.13 bits per heavy atom. The van der Waals surface area contributed by atoms with E-state index in [2.05, 4.69) is 33.8 Å². The van der Waals surface area contributed by atoms with E-state index >= 15 is 0 Å². The van der Waals surface area contributed by atoms with Crippen LogP contribution in [-0.4, -0.2) is 52.7 Å². The van der Waals surface area contributed by atoms with Gasteiger partial charge in [0.25, 0.3) is 0 Å². The van der Waals surface area contributed by atoms with E-state index in [0.29, 0.717) is 24.9 Å². The molecule has 1 N–H and O–H groups in total. The Bertz CT molecular complexity index is 1110. The summed E-state index contributed by atoms with van der Waals surface area (Å²) in [4.78, 5) is 7.37. The average molecular weight is 423 g/mol. The minimum atomic E-state index is -0.277. The molecule has 3 aliphatic rings. The Balaban J connectivity index is 1.39. The number of benzene rings is 1. The first kappa shape index (κ1) is 19.1. The molecule has 4 heterocycles. The fourth-order valence-electron chi connectivity index (χ4n) is 4.89. The van der Waals surface area contributed by atoms with Crippen LogP contribution in [0.5, 0.6) is 5.75 Å². The first-order valence-corrected chi connectivity index (χ1v) is 11.2. The Kier molecular flexibility index (Phi) is 4.61. The summed E-state index contributed by atoms with van der Waals surface area (Å²) in [6.45, 7) is 5.02. The van der Waals surface area contributed by atoms with Crippen LogP contribution in [0, 0.1) is 5.82 Å². The van der Waals surface area contributed by atoms with Crippen molar-refractivity contribution in [3.63, 3.8) is 0 Å². The van der Waals surface area contributed by atoms with E-state index in [4.69, 9.17) is 14.5 Å². The zero-order valence-electron chi connectivity index (χ0n) is 17.6. The summed E-state index contributed by atoms with van der Waals surface area (Å²) < 4.78 is 27.8. The van der Waals surface area contributed by atoms with Crippen molar-refractivity contribution >= 4 is 11.3 Å². The number of hydrogen-bond acceptors (Lipinski definition) is 5. The molecule has 31 heavy (non-hydrogen) atoms. The molecule has 0 bridgehead atoms. The average Bonchev–Trinajstić information content (AvgIpc) is 3.52. The minimum absolute atomic E-state index is 0.0399. The van der Waals surface area contributed by atoms with Gasteiger partial charge in [-0.25, -0.2) is 9.37 Å². The van der Waals surface area contributed by atoms with Gasteiger partial charge in [-0.1, -0.05) is 6.07 Å². The first-order valence-electron chi connectivity index (χ1n) is 11.2. The SMILES string of the molecule is CC1CN(C2COc3cc(F)ccc3C2Nc2cccn3cc(C4CC4)nc23)CCO1. The van der Waals surface area contributed by atoms with E-state index in [9.17, 15) is 4.39 Å². The highest BCUT2D eigenvalue weighted by Crippen LogP contribution is 2.41. The van der Waals surface area contributed by atoms with Gasteiger partial charge in [-0.05, 0) is 38.0 Å². The third-order valence-corrected chi connectivity index (χ3v) is 6.65. The number of nitrogens with zero attached hydrogens (tertiary/aromatic N) is 3. The molecule has 0 spiro atoms. The maximum absolute atomic E-state index is 13.9. The number of anilines is 1. The van der Waals surface area contributed by atoms with Crippen molar-refractivity contribution in [1.82, 2.24) is 14.3 Å².